The smallest absolute Gasteiger partial charge is 0.0725 e. The first-order valence-electron chi connectivity index (χ1n) is 5.40. The van der Waals surface area contributed by atoms with Crippen LogP contribution in [0.5, 0.6) is 0 Å². The fourth-order valence-electron chi connectivity index (χ4n) is 2.09. The molecule has 0 saturated heterocycles. The van der Waals surface area contributed by atoms with Gasteiger partial charge in [-0.25, -0.2) is 0 Å². The van der Waals surface area contributed by atoms with Crippen molar-refractivity contribution in [1.82, 2.24) is 5.32 Å². The Hall–Kier alpha value is -2.22. The van der Waals surface area contributed by atoms with Crippen molar-refractivity contribution in [3.63, 3.8) is 0 Å². The molecule has 0 unspecified atom stereocenters. The molecule has 76 valence electrons. The highest BCUT2D eigenvalue weighted by Crippen LogP contribution is 2.48. The summed E-state index contributed by atoms with van der Waals surface area (Å²) in [4.78, 5) is 0. The van der Waals surface area contributed by atoms with Crippen molar-refractivity contribution >= 4 is 22.8 Å². The predicted molar refractivity (Wildman–Crippen MR) is 66.1 cm³/mol. The lowest BCUT2D eigenvalue weighted by Crippen LogP contribution is -1.81. The van der Waals surface area contributed by atoms with Gasteiger partial charge in [-0.05, 0) is 6.07 Å². The number of para-hydroxylation sites is 1. The molecule has 2 nitrogen and oxygen atoms in total. The van der Waals surface area contributed by atoms with Gasteiger partial charge in [0.05, 0.1) is 22.8 Å². The quantitative estimate of drug-likeness (QED) is 0.632. The van der Waals surface area contributed by atoms with Gasteiger partial charge in [0.25, 0.3) is 0 Å². The van der Waals surface area contributed by atoms with E-state index >= 15 is 0 Å². The average Bonchev–Trinajstić information content (AvgIpc) is 3.23. The molecule has 2 aromatic rings. The summed E-state index contributed by atoms with van der Waals surface area (Å²) in [5, 5.41) is 6.65. The molecule has 0 amide bonds. The van der Waals surface area contributed by atoms with Crippen molar-refractivity contribution in [2.75, 3.05) is 5.32 Å². The minimum atomic E-state index is 1.25. The molecule has 2 heterocycles. The molecule has 0 spiro atoms. The predicted octanol–water partition coefficient (Wildman–Crippen LogP) is 3.17. The van der Waals surface area contributed by atoms with Crippen molar-refractivity contribution in [3.8, 4) is 0 Å². The number of fused-ring (bicyclic) bond motifs is 1. The first kappa shape index (κ1) is 7.99. The zero-order valence-corrected chi connectivity index (χ0v) is 8.62. The van der Waals surface area contributed by atoms with Crippen LogP contribution >= 0.6 is 0 Å². The summed E-state index contributed by atoms with van der Waals surface area (Å²) in [5.74, 6) is 0. The summed E-state index contributed by atoms with van der Waals surface area (Å²) >= 11 is 0. The molecule has 0 bridgehead atoms. The van der Waals surface area contributed by atoms with Crippen LogP contribution in [-0.2, 0) is 0 Å². The summed E-state index contributed by atoms with van der Waals surface area (Å²) in [7, 11) is 0. The number of anilines is 2. The van der Waals surface area contributed by atoms with Gasteiger partial charge < -0.3 is 10.6 Å². The van der Waals surface area contributed by atoms with E-state index < -0.39 is 0 Å². The standard InChI is InChI=1S/C14H10N2/c1-2-5-9(6-3-1)12-14(16-12)10-7-4-8-11-13(10)15-11/h1-8,15-16H. The number of benzene rings is 2. The van der Waals surface area contributed by atoms with Gasteiger partial charge in [-0.1, -0.05) is 42.5 Å². The molecule has 4 rings (SSSR count). The summed E-state index contributed by atoms with van der Waals surface area (Å²) in [6.07, 6.45) is 0. The molecule has 2 heteroatoms. The highest BCUT2D eigenvalue weighted by molar-refractivity contribution is 6.11. The number of hydrogen-bond donors (Lipinski definition) is 2. The molecule has 0 radical (unpaired) electrons. The van der Waals surface area contributed by atoms with E-state index in [-0.39, 0.29) is 0 Å². The Morgan fingerprint density at radius 3 is 2.44 bits per heavy atom. The van der Waals surface area contributed by atoms with E-state index in [1.807, 2.05) is 6.07 Å². The number of nitrogens with one attached hydrogen (secondary N) is 2. The van der Waals surface area contributed by atoms with E-state index in [9.17, 15) is 0 Å². The topological polar surface area (TPSA) is 43.9 Å². The minimum absolute atomic E-state index is 1.25. The molecule has 0 aromatic heterocycles. The second-order valence-corrected chi connectivity index (χ2v) is 4.09. The molecular formula is C14H10N2. The monoisotopic (exact) mass is 206 g/mol. The van der Waals surface area contributed by atoms with Gasteiger partial charge in [-0.15, -0.1) is 0 Å². The van der Waals surface area contributed by atoms with Gasteiger partial charge in [-0.2, -0.15) is 0 Å². The SMILES string of the molecule is c1ccc(C2=C(c3cccc4c3N4)N2)cc1. The van der Waals surface area contributed by atoms with Crippen molar-refractivity contribution in [3.05, 3.63) is 59.7 Å². The third kappa shape index (κ3) is 1.07. The van der Waals surface area contributed by atoms with Crippen LogP contribution in [0.3, 0.4) is 0 Å². The van der Waals surface area contributed by atoms with E-state index in [1.165, 1.54) is 33.9 Å². The van der Waals surface area contributed by atoms with Crippen LogP contribution < -0.4 is 10.6 Å². The van der Waals surface area contributed by atoms with Gasteiger partial charge in [0, 0.05) is 11.1 Å². The Labute approximate surface area is 93.6 Å². The van der Waals surface area contributed by atoms with E-state index in [0.29, 0.717) is 0 Å². The van der Waals surface area contributed by atoms with Crippen LogP contribution in [0.1, 0.15) is 11.1 Å². The summed E-state index contributed by atoms with van der Waals surface area (Å²) < 4.78 is 0. The molecule has 2 N–H and O–H groups in total. The molecule has 2 aliphatic rings. The molecule has 16 heavy (non-hydrogen) atoms. The fourth-order valence-corrected chi connectivity index (χ4v) is 2.09. The van der Waals surface area contributed by atoms with E-state index in [2.05, 4.69) is 53.1 Å². The maximum Gasteiger partial charge on any atom is 0.0725 e. The second-order valence-electron chi connectivity index (χ2n) is 4.09. The molecule has 2 aromatic carbocycles. The van der Waals surface area contributed by atoms with Crippen LogP contribution in [0.25, 0.3) is 11.4 Å². The zero-order valence-electron chi connectivity index (χ0n) is 8.62. The van der Waals surface area contributed by atoms with Gasteiger partial charge >= 0.3 is 0 Å². The highest BCUT2D eigenvalue weighted by Gasteiger charge is 2.30. The molecule has 0 aliphatic carbocycles. The normalized spacial score (nSPS) is 15.0. The summed E-state index contributed by atoms with van der Waals surface area (Å²) in [6, 6.07) is 16.8. The van der Waals surface area contributed by atoms with E-state index in [0.717, 1.165) is 0 Å². The van der Waals surface area contributed by atoms with Gasteiger partial charge in [0.2, 0.25) is 0 Å². The minimum Gasteiger partial charge on any atom is -0.352 e. The third-order valence-electron chi connectivity index (χ3n) is 3.03. The van der Waals surface area contributed by atoms with Crippen LogP contribution in [-0.4, -0.2) is 0 Å². The molecule has 0 fully saturated rings. The Morgan fingerprint density at radius 1 is 0.688 bits per heavy atom. The van der Waals surface area contributed by atoms with Gasteiger partial charge in [-0.3, -0.25) is 0 Å². The summed E-state index contributed by atoms with van der Waals surface area (Å²) in [6.45, 7) is 0. The molecular weight excluding hydrogens is 196 g/mol. The third-order valence-corrected chi connectivity index (χ3v) is 3.03. The van der Waals surface area contributed by atoms with Crippen molar-refractivity contribution in [1.29, 1.82) is 0 Å². The van der Waals surface area contributed by atoms with Crippen molar-refractivity contribution in [2.24, 2.45) is 0 Å². The lowest BCUT2D eigenvalue weighted by atomic mass is 10.1. The Balaban J connectivity index is 1.79. The van der Waals surface area contributed by atoms with Crippen molar-refractivity contribution in [2.45, 2.75) is 0 Å². The van der Waals surface area contributed by atoms with Gasteiger partial charge in [0.15, 0.2) is 0 Å². The maximum atomic E-state index is 3.37. The largest absolute Gasteiger partial charge is 0.352 e. The van der Waals surface area contributed by atoms with Crippen LogP contribution in [0, 0.1) is 0 Å². The first-order chi connectivity index (χ1) is 7.93. The van der Waals surface area contributed by atoms with Crippen molar-refractivity contribution < 1.29 is 0 Å². The fraction of sp³-hybridized carbons (Fsp3) is 0. The lowest BCUT2D eigenvalue weighted by molar-refractivity contribution is 1.44. The van der Waals surface area contributed by atoms with E-state index in [4.69, 9.17) is 0 Å². The summed E-state index contributed by atoms with van der Waals surface area (Å²) in [5.41, 5.74) is 7.59. The van der Waals surface area contributed by atoms with E-state index in [1.54, 1.807) is 0 Å². The average molecular weight is 206 g/mol. The Kier molecular flexibility index (Phi) is 1.33. The molecule has 0 saturated carbocycles. The zero-order chi connectivity index (χ0) is 10.5. The molecule has 2 aliphatic heterocycles. The highest BCUT2D eigenvalue weighted by atomic mass is 15.1. The second kappa shape index (κ2) is 2.67. The van der Waals surface area contributed by atoms with Crippen LogP contribution in [0.4, 0.5) is 11.4 Å². The number of hydrogen-bond acceptors (Lipinski definition) is 2. The Morgan fingerprint density at radius 2 is 1.56 bits per heavy atom. The lowest BCUT2D eigenvalue weighted by Gasteiger charge is -1.88. The van der Waals surface area contributed by atoms with Gasteiger partial charge in [0.1, 0.15) is 0 Å². The molecule has 0 atom stereocenters. The first-order valence-corrected chi connectivity index (χ1v) is 5.40. The Bertz CT molecular complexity index is 612. The number of rotatable bonds is 2. The maximum absolute atomic E-state index is 3.37. The van der Waals surface area contributed by atoms with Crippen LogP contribution in [0.2, 0.25) is 0 Å². The van der Waals surface area contributed by atoms with Crippen LogP contribution in [0.15, 0.2) is 48.5 Å².